The molecule has 1 rings (SSSR count). The average molecular weight is 122 g/mol. The SMILES string of the molecule is [CH2]c1ccnc(OC)c1. The van der Waals surface area contributed by atoms with E-state index in [0.717, 1.165) is 5.56 Å². The second-order valence-corrected chi connectivity index (χ2v) is 1.71. The van der Waals surface area contributed by atoms with Crippen molar-refractivity contribution in [1.29, 1.82) is 0 Å². The molecule has 0 aliphatic rings. The van der Waals surface area contributed by atoms with E-state index >= 15 is 0 Å². The largest absolute Gasteiger partial charge is 0.481 e. The van der Waals surface area contributed by atoms with Crippen LogP contribution in [-0.2, 0) is 0 Å². The van der Waals surface area contributed by atoms with Gasteiger partial charge in [-0.05, 0) is 18.6 Å². The van der Waals surface area contributed by atoms with Crippen molar-refractivity contribution in [2.45, 2.75) is 0 Å². The first-order valence-corrected chi connectivity index (χ1v) is 2.65. The Hall–Kier alpha value is -1.05. The predicted octanol–water partition coefficient (Wildman–Crippen LogP) is 1.27. The Morgan fingerprint density at radius 1 is 1.67 bits per heavy atom. The fraction of sp³-hybridized carbons (Fsp3) is 0.143. The maximum atomic E-state index is 4.84. The molecular formula is C7H8NO. The number of hydrogen-bond donors (Lipinski definition) is 0. The summed E-state index contributed by atoms with van der Waals surface area (Å²) in [6, 6.07) is 3.60. The van der Waals surface area contributed by atoms with Crippen LogP contribution in [-0.4, -0.2) is 12.1 Å². The van der Waals surface area contributed by atoms with Gasteiger partial charge < -0.3 is 4.74 Å². The summed E-state index contributed by atoms with van der Waals surface area (Å²) in [5.41, 5.74) is 0.918. The van der Waals surface area contributed by atoms with E-state index in [0.29, 0.717) is 5.88 Å². The highest BCUT2D eigenvalue weighted by Gasteiger charge is 1.88. The molecular weight excluding hydrogens is 114 g/mol. The van der Waals surface area contributed by atoms with Crippen LogP contribution in [0.1, 0.15) is 5.56 Å². The Morgan fingerprint density at radius 2 is 2.44 bits per heavy atom. The number of methoxy groups -OCH3 is 1. The lowest BCUT2D eigenvalue weighted by molar-refractivity contribution is 0.397. The van der Waals surface area contributed by atoms with E-state index in [9.17, 15) is 0 Å². The van der Waals surface area contributed by atoms with Gasteiger partial charge in [0.25, 0.3) is 0 Å². The third-order valence-corrected chi connectivity index (χ3v) is 1.01. The summed E-state index contributed by atoms with van der Waals surface area (Å²) < 4.78 is 4.84. The minimum atomic E-state index is 0.613. The molecule has 0 saturated heterocycles. The van der Waals surface area contributed by atoms with Gasteiger partial charge in [0.1, 0.15) is 0 Å². The second-order valence-electron chi connectivity index (χ2n) is 1.71. The molecule has 0 spiro atoms. The van der Waals surface area contributed by atoms with Crippen molar-refractivity contribution in [3.63, 3.8) is 0 Å². The average Bonchev–Trinajstić information content (AvgIpc) is 1.88. The van der Waals surface area contributed by atoms with E-state index in [1.165, 1.54) is 0 Å². The van der Waals surface area contributed by atoms with Crippen LogP contribution in [0.15, 0.2) is 18.3 Å². The molecule has 0 aliphatic carbocycles. The highest BCUT2D eigenvalue weighted by molar-refractivity contribution is 5.22. The fourth-order valence-corrected chi connectivity index (χ4v) is 0.562. The van der Waals surface area contributed by atoms with Crippen LogP contribution in [0.2, 0.25) is 0 Å². The Bertz CT molecular complexity index is 198. The summed E-state index contributed by atoms with van der Waals surface area (Å²) >= 11 is 0. The Kier molecular flexibility index (Phi) is 1.68. The van der Waals surface area contributed by atoms with Gasteiger partial charge in [-0.1, -0.05) is 0 Å². The summed E-state index contributed by atoms with van der Waals surface area (Å²) in [6.45, 7) is 3.71. The first kappa shape index (κ1) is 6.08. The quantitative estimate of drug-likeness (QED) is 0.559. The van der Waals surface area contributed by atoms with E-state index in [4.69, 9.17) is 4.74 Å². The number of nitrogens with zero attached hydrogens (tertiary/aromatic N) is 1. The van der Waals surface area contributed by atoms with E-state index in [1.807, 2.05) is 6.07 Å². The van der Waals surface area contributed by atoms with Gasteiger partial charge in [0.2, 0.25) is 5.88 Å². The van der Waals surface area contributed by atoms with Gasteiger partial charge in [0.05, 0.1) is 7.11 Å². The molecule has 0 amide bonds. The van der Waals surface area contributed by atoms with Gasteiger partial charge in [-0.25, -0.2) is 4.98 Å². The molecule has 1 radical (unpaired) electrons. The topological polar surface area (TPSA) is 22.1 Å². The van der Waals surface area contributed by atoms with Crippen molar-refractivity contribution < 1.29 is 4.74 Å². The fourth-order valence-electron chi connectivity index (χ4n) is 0.562. The predicted molar refractivity (Wildman–Crippen MR) is 35.2 cm³/mol. The third kappa shape index (κ3) is 1.42. The van der Waals surface area contributed by atoms with E-state index in [-0.39, 0.29) is 0 Å². The monoisotopic (exact) mass is 122 g/mol. The first-order valence-electron chi connectivity index (χ1n) is 2.65. The minimum absolute atomic E-state index is 0.613. The normalized spacial score (nSPS) is 9.11. The van der Waals surface area contributed by atoms with Crippen LogP contribution < -0.4 is 4.74 Å². The molecule has 0 bridgehead atoms. The molecule has 0 aliphatic heterocycles. The summed E-state index contributed by atoms with van der Waals surface area (Å²) in [5.74, 6) is 0.613. The van der Waals surface area contributed by atoms with Crippen molar-refractivity contribution in [2.24, 2.45) is 0 Å². The van der Waals surface area contributed by atoms with Crippen LogP contribution in [0.3, 0.4) is 0 Å². The lowest BCUT2D eigenvalue weighted by Gasteiger charge is -1.96. The minimum Gasteiger partial charge on any atom is -0.481 e. The first-order chi connectivity index (χ1) is 4.33. The number of ether oxygens (including phenoxy) is 1. The second kappa shape index (κ2) is 2.49. The van der Waals surface area contributed by atoms with Crippen LogP contribution in [0.4, 0.5) is 0 Å². The van der Waals surface area contributed by atoms with Crippen LogP contribution >= 0.6 is 0 Å². The molecule has 0 unspecified atom stereocenters. The summed E-state index contributed by atoms with van der Waals surface area (Å²) in [7, 11) is 1.59. The van der Waals surface area contributed by atoms with Crippen molar-refractivity contribution in [3.8, 4) is 5.88 Å². The molecule has 9 heavy (non-hydrogen) atoms. The standard InChI is InChI=1S/C7H8NO/c1-6-3-4-8-7(5-6)9-2/h3-5H,1H2,2H3. The molecule has 0 aromatic carbocycles. The van der Waals surface area contributed by atoms with Crippen LogP contribution in [0.25, 0.3) is 0 Å². The molecule has 2 nitrogen and oxygen atoms in total. The zero-order valence-corrected chi connectivity index (χ0v) is 5.29. The third-order valence-electron chi connectivity index (χ3n) is 1.01. The van der Waals surface area contributed by atoms with Gasteiger partial charge in [-0.3, -0.25) is 0 Å². The molecule has 0 fully saturated rings. The van der Waals surface area contributed by atoms with Gasteiger partial charge in [-0.2, -0.15) is 0 Å². The highest BCUT2D eigenvalue weighted by atomic mass is 16.5. The number of rotatable bonds is 1. The van der Waals surface area contributed by atoms with Crippen molar-refractivity contribution in [3.05, 3.63) is 30.8 Å². The summed E-state index contributed by atoms with van der Waals surface area (Å²) in [4.78, 5) is 3.90. The molecule has 0 saturated carbocycles. The molecule has 1 heterocycles. The van der Waals surface area contributed by atoms with Crippen LogP contribution in [0.5, 0.6) is 5.88 Å². The lowest BCUT2D eigenvalue weighted by Crippen LogP contribution is -1.85. The van der Waals surface area contributed by atoms with Crippen molar-refractivity contribution >= 4 is 0 Å². The highest BCUT2D eigenvalue weighted by Crippen LogP contribution is 2.05. The van der Waals surface area contributed by atoms with Crippen molar-refractivity contribution in [1.82, 2.24) is 4.98 Å². The van der Waals surface area contributed by atoms with Gasteiger partial charge in [-0.15, -0.1) is 0 Å². The summed E-state index contributed by atoms with van der Waals surface area (Å²) in [5, 5.41) is 0. The van der Waals surface area contributed by atoms with Gasteiger partial charge >= 0.3 is 0 Å². The number of aromatic nitrogens is 1. The summed E-state index contributed by atoms with van der Waals surface area (Å²) in [6.07, 6.45) is 1.67. The maximum absolute atomic E-state index is 4.84. The lowest BCUT2D eigenvalue weighted by atomic mass is 10.3. The Balaban J connectivity index is 2.94. The smallest absolute Gasteiger partial charge is 0.213 e. The molecule has 2 heteroatoms. The maximum Gasteiger partial charge on any atom is 0.213 e. The molecule has 47 valence electrons. The van der Waals surface area contributed by atoms with Gasteiger partial charge in [0, 0.05) is 12.3 Å². The Labute approximate surface area is 54.5 Å². The van der Waals surface area contributed by atoms with E-state index in [1.54, 1.807) is 19.4 Å². The van der Waals surface area contributed by atoms with Gasteiger partial charge in [0.15, 0.2) is 0 Å². The zero-order valence-electron chi connectivity index (χ0n) is 5.29. The molecule has 1 aromatic rings. The molecule has 0 atom stereocenters. The molecule has 1 aromatic heterocycles. The number of hydrogen-bond acceptors (Lipinski definition) is 2. The zero-order chi connectivity index (χ0) is 6.69. The van der Waals surface area contributed by atoms with Crippen LogP contribution in [0, 0.1) is 6.92 Å². The molecule has 0 N–H and O–H groups in total. The number of pyridine rings is 1. The Morgan fingerprint density at radius 3 is 2.89 bits per heavy atom. The van der Waals surface area contributed by atoms with Crippen molar-refractivity contribution in [2.75, 3.05) is 7.11 Å². The van der Waals surface area contributed by atoms with E-state index in [2.05, 4.69) is 11.9 Å². The van der Waals surface area contributed by atoms with E-state index < -0.39 is 0 Å².